The molecule has 3 aromatic rings. The third-order valence-electron chi connectivity index (χ3n) is 12.6. The van der Waals surface area contributed by atoms with E-state index in [1.54, 1.807) is 30.3 Å². The second kappa shape index (κ2) is 16.7. The number of fused-ring (bicyclic) bond motifs is 2. The van der Waals surface area contributed by atoms with Crippen LogP contribution in [0.2, 0.25) is 0 Å². The molecule has 1 saturated carbocycles. The van der Waals surface area contributed by atoms with E-state index in [0.717, 1.165) is 81.6 Å². The van der Waals surface area contributed by atoms with Crippen molar-refractivity contribution in [2.75, 3.05) is 43.9 Å². The van der Waals surface area contributed by atoms with Crippen LogP contribution in [-0.4, -0.2) is 100 Å². The predicted molar refractivity (Wildman–Crippen MR) is 211 cm³/mol. The van der Waals surface area contributed by atoms with Crippen LogP contribution < -0.4 is 20.7 Å². The standard InChI is InChI=1S/C43H46F3N7O7/c1-60-34-21-29-26(20-32(34)49-38(55)31-6-3-7-35(48-31)43(44,45)46)23-52(40(29)57)27-10-8-25(9-11-27)22-51-18-15-24(16-19-51)14-17-47-30-5-2-4-28-37(30)42(59)53(41(28)58)33-12-13-36(54)50-39(33)56/h2-7,20-21,24-25,27,33,47H,8-19,22-23H2,1H3,(H,49,55)(H,50,54,56). The number of carbonyl (C=O) groups is 6. The number of imide groups is 2. The maximum atomic E-state index is 13.6. The highest BCUT2D eigenvalue weighted by molar-refractivity contribution is 6.25. The molecule has 4 aliphatic heterocycles. The van der Waals surface area contributed by atoms with Crippen LogP contribution in [-0.2, 0) is 22.3 Å². The van der Waals surface area contributed by atoms with Crippen molar-refractivity contribution in [2.24, 2.45) is 11.8 Å². The molecule has 5 heterocycles. The number of hydrogen-bond donors (Lipinski definition) is 3. The van der Waals surface area contributed by atoms with Crippen molar-refractivity contribution >= 4 is 46.8 Å². The number of nitrogens with zero attached hydrogens (tertiary/aromatic N) is 4. The van der Waals surface area contributed by atoms with Gasteiger partial charge in [-0.3, -0.25) is 39.0 Å². The lowest BCUT2D eigenvalue weighted by atomic mass is 9.84. The Bertz CT molecular complexity index is 2230. The zero-order valence-corrected chi connectivity index (χ0v) is 33.1. The number of nitrogens with one attached hydrogen (secondary N) is 3. The molecule has 17 heteroatoms. The van der Waals surface area contributed by atoms with Gasteiger partial charge in [0.15, 0.2) is 0 Å². The number of amides is 6. The van der Waals surface area contributed by atoms with E-state index < -0.39 is 53.1 Å². The third kappa shape index (κ3) is 8.18. The number of piperidine rings is 2. The fraction of sp³-hybridized carbons (Fsp3) is 0.465. The summed E-state index contributed by atoms with van der Waals surface area (Å²) in [5, 5.41) is 8.21. The maximum absolute atomic E-state index is 13.6. The minimum Gasteiger partial charge on any atom is -0.495 e. The molecule has 0 radical (unpaired) electrons. The van der Waals surface area contributed by atoms with Crippen molar-refractivity contribution in [3.63, 3.8) is 0 Å². The number of halogens is 3. The number of aromatic nitrogens is 1. The summed E-state index contributed by atoms with van der Waals surface area (Å²) in [4.78, 5) is 86.1. The van der Waals surface area contributed by atoms with Gasteiger partial charge in [0.2, 0.25) is 11.8 Å². The number of ether oxygens (including phenoxy) is 1. The number of hydrogen-bond acceptors (Lipinski definition) is 10. The molecule has 1 aromatic heterocycles. The molecule has 5 aliphatic rings. The van der Waals surface area contributed by atoms with Crippen molar-refractivity contribution in [1.82, 2.24) is 25.0 Å². The Kier molecular flexibility index (Phi) is 11.4. The first-order valence-corrected chi connectivity index (χ1v) is 20.5. The summed E-state index contributed by atoms with van der Waals surface area (Å²) >= 11 is 0. The molecule has 1 unspecified atom stereocenters. The monoisotopic (exact) mass is 829 g/mol. The first kappa shape index (κ1) is 40.9. The lowest BCUT2D eigenvalue weighted by Crippen LogP contribution is -2.54. The lowest BCUT2D eigenvalue weighted by Gasteiger charge is -2.38. The Labute approximate surface area is 344 Å². The highest BCUT2D eigenvalue weighted by Crippen LogP contribution is 2.39. The Morgan fingerprint density at radius 1 is 0.867 bits per heavy atom. The quantitative estimate of drug-likeness (QED) is 0.210. The molecule has 6 amide bonds. The molecular formula is C43H46F3N7O7. The van der Waals surface area contributed by atoms with Crippen LogP contribution in [0.1, 0.15) is 111 Å². The summed E-state index contributed by atoms with van der Waals surface area (Å²) in [6, 6.07) is 10.5. The van der Waals surface area contributed by atoms with E-state index >= 15 is 0 Å². The maximum Gasteiger partial charge on any atom is 0.433 e. The minimum atomic E-state index is -4.70. The van der Waals surface area contributed by atoms with E-state index in [1.165, 1.54) is 13.2 Å². The molecule has 3 fully saturated rings. The number of carbonyl (C=O) groups excluding carboxylic acids is 6. The SMILES string of the molecule is COc1cc2c(cc1NC(=O)c1cccc(C(F)(F)F)n1)CN(C1CCC(CN3CCC(CCNc4cccc5c4C(=O)N(C4CCC(=O)NC4=O)C5=O)CC3)CC1)C2=O. The van der Waals surface area contributed by atoms with Crippen molar-refractivity contribution in [1.29, 1.82) is 0 Å². The van der Waals surface area contributed by atoms with Gasteiger partial charge < -0.3 is 25.2 Å². The zero-order chi connectivity index (χ0) is 42.3. The molecule has 0 bridgehead atoms. The molecule has 2 aromatic carbocycles. The first-order chi connectivity index (χ1) is 28.8. The number of pyridine rings is 1. The summed E-state index contributed by atoms with van der Waals surface area (Å²) in [5.41, 5.74) is 0.957. The summed E-state index contributed by atoms with van der Waals surface area (Å²) in [6.07, 6.45) is 2.21. The molecule has 316 valence electrons. The average Bonchev–Trinajstić information content (AvgIpc) is 3.69. The van der Waals surface area contributed by atoms with Crippen LogP contribution in [0, 0.1) is 11.8 Å². The molecule has 2 saturated heterocycles. The van der Waals surface area contributed by atoms with Gasteiger partial charge >= 0.3 is 6.18 Å². The van der Waals surface area contributed by atoms with E-state index in [0.29, 0.717) is 41.7 Å². The molecule has 60 heavy (non-hydrogen) atoms. The van der Waals surface area contributed by atoms with E-state index in [1.807, 2.05) is 4.90 Å². The Morgan fingerprint density at radius 3 is 2.33 bits per heavy atom. The number of rotatable bonds is 11. The van der Waals surface area contributed by atoms with E-state index in [-0.39, 0.29) is 47.4 Å². The summed E-state index contributed by atoms with van der Waals surface area (Å²) < 4.78 is 45.0. The van der Waals surface area contributed by atoms with Gasteiger partial charge in [-0.15, -0.1) is 0 Å². The third-order valence-corrected chi connectivity index (χ3v) is 12.6. The number of anilines is 2. The van der Waals surface area contributed by atoms with Crippen molar-refractivity contribution in [3.8, 4) is 5.75 Å². The number of alkyl halides is 3. The Morgan fingerprint density at radius 2 is 1.62 bits per heavy atom. The zero-order valence-electron chi connectivity index (χ0n) is 33.1. The van der Waals surface area contributed by atoms with Gasteiger partial charge in [0.25, 0.3) is 23.6 Å². The Hall–Kier alpha value is -5.84. The smallest absolute Gasteiger partial charge is 0.433 e. The Balaban J connectivity index is 0.783. The highest BCUT2D eigenvalue weighted by atomic mass is 19.4. The second-order valence-electron chi connectivity index (χ2n) is 16.3. The van der Waals surface area contributed by atoms with Crippen LogP contribution in [0.4, 0.5) is 24.5 Å². The lowest BCUT2D eigenvalue weighted by molar-refractivity contribution is -0.141. The van der Waals surface area contributed by atoms with Gasteiger partial charge in [-0.05, 0) is 118 Å². The van der Waals surface area contributed by atoms with Gasteiger partial charge in [-0.2, -0.15) is 13.2 Å². The van der Waals surface area contributed by atoms with Gasteiger partial charge in [0, 0.05) is 43.3 Å². The van der Waals surface area contributed by atoms with E-state index in [4.69, 9.17) is 4.74 Å². The van der Waals surface area contributed by atoms with Crippen LogP contribution in [0.5, 0.6) is 5.75 Å². The molecule has 14 nitrogen and oxygen atoms in total. The second-order valence-corrected chi connectivity index (χ2v) is 16.3. The number of methoxy groups -OCH3 is 1. The number of benzene rings is 2. The normalized spacial score (nSPS) is 22.5. The average molecular weight is 830 g/mol. The number of likely N-dealkylation sites (tertiary alicyclic amines) is 1. The largest absolute Gasteiger partial charge is 0.495 e. The highest BCUT2D eigenvalue weighted by Gasteiger charge is 2.46. The topological polar surface area (TPSA) is 170 Å². The van der Waals surface area contributed by atoms with Crippen molar-refractivity contribution in [2.45, 2.75) is 82.6 Å². The van der Waals surface area contributed by atoms with Gasteiger partial charge in [0.1, 0.15) is 23.2 Å². The molecule has 1 atom stereocenters. The van der Waals surface area contributed by atoms with Gasteiger partial charge in [-0.25, -0.2) is 4.98 Å². The molecule has 0 spiro atoms. The van der Waals surface area contributed by atoms with E-state index in [9.17, 15) is 41.9 Å². The first-order valence-electron chi connectivity index (χ1n) is 20.5. The van der Waals surface area contributed by atoms with Crippen LogP contribution in [0.3, 0.4) is 0 Å². The fourth-order valence-electron chi connectivity index (χ4n) is 9.37. The van der Waals surface area contributed by atoms with Crippen LogP contribution in [0.15, 0.2) is 48.5 Å². The van der Waals surface area contributed by atoms with Gasteiger partial charge in [0.05, 0.1) is 23.9 Å². The van der Waals surface area contributed by atoms with Crippen molar-refractivity contribution < 1.29 is 46.7 Å². The summed E-state index contributed by atoms with van der Waals surface area (Å²) in [6.45, 7) is 3.98. The van der Waals surface area contributed by atoms with Crippen LogP contribution >= 0.6 is 0 Å². The summed E-state index contributed by atoms with van der Waals surface area (Å²) in [7, 11) is 1.39. The minimum absolute atomic E-state index is 0.0663. The molecule has 8 rings (SSSR count). The van der Waals surface area contributed by atoms with Crippen molar-refractivity contribution in [3.05, 3.63) is 82.2 Å². The summed E-state index contributed by atoms with van der Waals surface area (Å²) in [5.74, 6) is -1.78. The van der Waals surface area contributed by atoms with Gasteiger partial charge in [-0.1, -0.05) is 12.1 Å². The fourth-order valence-corrected chi connectivity index (χ4v) is 9.37. The molecule has 1 aliphatic carbocycles. The molecular weight excluding hydrogens is 784 g/mol. The van der Waals surface area contributed by atoms with E-state index in [2.05, 4.69) is 25.8 Å². The predicted octanol–water partition coefficient (Wildman–Crippen LogP) is 5.49. The van der Waals surface area contributed by atoms with Crippen LogP contribution in [0.25, 0.3) is 0 Å². The molecule has 3 N–H and O–H groups in total.